The normalized spacial score (nSPS) is 15.0. The van der Waals surface area contributed by atoms with Gasteiger partial charge in [0.25, 0.3) is 5.91 Å². The molecule has 1 saturated heterocycles. The van der Waals surface area contributed by atoms with E-state index in [-0.39, 0.29) is 30.9 Å². The molecule has 3 aromatic rings. The van der Waals surface area contributed by atoms with Gasteiger partial charge >= 0.3 is 6.09 Å². The van der Waals surface area contributed by atoms with Gasteiger partial charge in [0, 0.05) is 30.5 Å². The minimum Gasteiger partial charge on any atom is -0.465 e. The van der Waals surface area contributed by atoms with Gasteiger partial charge in [0.05, 0.1) is 23.7 Å². The third kappa shape index (κ3) is 4.17. The van der Waals surface area contributed by atoms with Gasteiger partial charge in [-0.25, -0.2) is 4.79 Å². The summed E-state index contributed by atoms with van der Waals surface area (Å²) in [4.78, 5) is 24.8. The Kier molecular flexibility index (Phi) is 5.98. The lowest BCUT2D eigenvalue weighted by molar-refractivity contribution is 0.0888. The highest BCUT2D eigenvalue weighted by Crippen LogP contribution is 2.35. The van der Waals surface area contributed by atoms with Gasteiger partial charge in [-0.3, -0.25) is 9.48 Å². The van der Waals surface area contributed by atoms with E-state index in [1.54, 1.807) is 4.68 Å². The zero-order valence-electron chi connectivity index (χ0n) is 18.9. The Morgan fingerprint density at radius 2 is 1.94 bits per heavy atom. The summed E-state index contributed by atoms with van der Waals surface area (Å²) in [7, 11) is 0. The van der Waals surface area contributed by atoms with Crippen molar-refractivity contribution >= 4 is 23.5 Å². The third-order valence-electron chi connectivity index (χ3n) is 6.31. The second-order valence-corrected chi connectivity index (χ2v) is 8.43. The molecule has 1 fully saturated rings. The van der Waals surface area contributed by atoms with Crippen LogP contribution in [0.3, 0.4) is 0 Å². The van der Waals surface area contributed by atoms with Crippen LogP contribution in [0.5, 0.6) is 0 Å². The number of nitriles is 1. The van der Waals surface area contributed by atoms with Crippen LogP contribution in [0.15, 0.2) is 35.0 Å². The van der Waals surface area contributed by atoms with Crippen molar-refractivity contribution in [2.24, 2.45) is 5.73 Å². The topological polar surface area (TPSA) is 163 Å². The van der Waals surface area contributed by atoms with E-state index in [0.29, 0.717) is 18.5 Å². The molecular formula is C23H25N7O4. The average molecular weight is 463 g/mol. The maximum Gasteiger partial charge on any atom is 0.407 e. The molecule has 0 bridgehead atoms. The van der Waals surface area contributed by atoms with E-state index < -0.39 is 17.5 Å². The number of rotatable bonds is 6. The number of anilines is 2. The number of nitrogens with zero attached hydrogens (tertiary/aromatic N) is 5. The maximum atomic E-state index is 12.2. The summed E-state index contributed by atoms with van der Waals surface area (Å²) in [6.07, 6.45) is 1.48. The molecule has 176 valence electrons. The van der Waals surface area contributed by atoms with Crippen LogP contribution in [0.2, 0.25) is 0 Å². The van der Waals surface area contributed by atoms with Crippen molar-refractivity contribution in [1.82, 2.24) is 19.8 Å². The molecule has 0 spiro atoms. The molecule has 4 rings (SSSR count). The molecular weight excluding hydrogens is 438 g/mol. The Hall–Kier alpha value is -4.33. The number of aromatic nitrogens is 3. The quantitative estimate of drug-likeness (QED) is 0.501. The lowest BCUT2D eigenvalue weighted by Crippen LogP contribution is -2.47. The van der Waals surface area contributed by atoms with Gasteiger partial charge in [-0.05, 0) is 44.4 Å². The SMILES string of the molecule is Cc1noc(C)c1-c1ccc(Nc2nn(C3(CC#N)CCN(C(=O)O)CC3)cc2C(N)=O)cc1. The van der Waals surface area contributed by atoms with Crippen LogP contribution >= 0.6 is 0 Å². The molecule has 0 aliphatic carbocycles. The minimum absolute atomic E-state index is 0.131. The summed E-state index contributed by atoms with van der Waals surface area (Å²) in [6.45, 7) is 4.27. The van der Waals surface area contributed by atoms with Crippen LogP contribution in [-0.4, -0.2) is 50.0 Å². The monoisotopic (exact) mass is 463 g/mol. The van der Waals surface area contributed by atoms with E-state index in [1.165, 1.54) is 11.1 Å². The lowest BCUT2D eigenvalue weighted by atomic mass is 9.85. The first kappa shape index (κ1) is 22.8. The van der Waals surface area contributed by atoms with Crippen molar-refractivity contribution in [3.8, 4) is 17.2 Å². The summed E-state index contributed by atoms with van der Waals surface area (Å²) < 4.78 is 6.83. The molecule has 34 heavy (non-hydrogen) atoms. The minimum atomic E-state index is -0.994. The molecule has 1 aliphatic heterocycles. The molecule has 4 N–H and O–H groups in total. The summed E-state index contributed by atoms with van der Waals surface area (Å²) in [6, 6.07) is 9.70. The number of aryl methyl sites for hydroxylation is 2. The number of likely N-dealkylation sites (tertiary alicyclic amines) is 1. The molecule has 0 radical (unpaired) electrons. The smallest absolute Gasteiger partial charge is 0.407 e. The third-order valence-corrected chi connectivity index (χ3v) is 6.31. The van der Waals surface area contributed by atoms with E-state index in [2.05, 4.69) is 21.6 Å². The standard InChI is InChI=1S/C23H25N7O4/c1-14-19(15(2)34-28-14)16-3-5-17(6-4-16)26-21-18(20(25)31)13-30(27-21)23(7-10-24)8-11-29(12-9-23)22(32)33/h3-6,13H,7-9,11-12H2,1-2H3,(H2,25,31)(H,26,27)(H,32,33). The molecule has 0 atom stereocenters. The van der Waals surface area contributed by atoms with E-state index in [4.69, 9.17) is 10.3 Å². The number of primary amides is 1. The molecule has 11 heteroatoms. The largest absolute Gasteiger partial charge is 0.465 e. The predicted molar refractivity (Wildman–Crippen MR) is 122 cm³/mol. The Morgan fingerprint density at radius 1 is 1.26 bits per heavy atom. The summed E-state index contributed by atoms with van der Waals surface area (Å²) >= 11 is 0. The van der Waals surface area contributed by atoms with E-state index >= 15 is 0 Å². The summed E-state index contributed by atoms with van der Waals surface area (Å²) in [5.74, 6) is 0.344. The Morgan fingerprint density at radius 3 is 2.47 bits per heavy atom. The highest BCUT2D eigenvalue weighted by Gasteiger charge is 2.39. The number of carbonyl (C=O) groups is 2. The van der Waals surface area contributed by atoms with Gasteiger partial charge in [-0.15, -0.1) is 0 Å². The van der Waals surface area contributed by atoms with Gasteiger partial charge in [0.2, 0.25) is 0 Å². The molecule has 3 heterocycles. The van der Waals surface area contributed by atoms with Crippen LogP contribution < -0.4 is 11.1 Å². The van der Waals surface area contributed by atoms with E-state index in [0.717, 1.165) is 22.6 Å². The fourth-order valence-corrected chi connectivity index (χ4v) is 4.39. The number of carbonyl (C=O) groups excluding carboxylic acids is 1. The second-order valence-electron chi connectivity index (χ2n) is 8.43. The number of nitrogens with two attached hydrogens (primary N) is 1. The lowest BCUT2D eigenvalue weighted by Gasteiger charge is -2.39. The van der Waals surface area contributed by atoms with Crippen molar-refractivity contribution < 1.29 is 19.2 Å². The number of carboxylic acid groups (broad SMARTS) is 1. The molecule has 2 amide bonds. The van der Waals surface area contributed by atoms with Crippen molar-refractivity contribution in [3.63, 3.8) is 0 Å². The maximum absolute atomic E-state index is 12.2. The number of hydrogen-bond donors (Lipinski definition) is 3. The molecule has 0 saturated carbocycles. The van der Waals surface area contributed by atoms with Crippen molar-refractivity contribution in [2.75, 3.05) is 18.4 Å². The fourth-order valence-electron chi connectivity index (χ4n) is 4.39. The summed E-state index contributed by atoms with van der Waals surface area (Å²) in [5, 5.41) is 30.4. The predicted octanol–water partition coefficient (Wildman–Crippen LogP) is 3.38. The summed E-state index contributed by atoms with van der Waals surface area (Å²) in [5.41, 5.74) is 8.44. The average Bonchev–Trinajstić information content (AvgIpc) is 3.38. The van der Waals surface area contributed by atoms with Crippen LogP contribution in [-0.2, 0) is 5.54 Å². The van der Waals surface area contributed by atoms with Gasteiger partial charge in [0.15, 0.2) is 5.82 Å². The Labute approximate surface area is 195 Å². The van der Waals surface area contributed by atoms with Gasteiger partial charge in [-0.2, -0.15) is 10.4 Å². The zero-order valence-corrected chi connectivity index (χ0v) is 18.9. The number of amides is 2. The highest BCUT2D eigenvalue weighted by molar-refractivity contribution is 5.98. The van der Waals surface area contributed by atoms with Crippen molar-refractivity contribution in [2.45, 2.75) is 38.6 Å². The molecule has 1 aromatic carbocycles. The fraction of sp³-hybridized carbons (Fsp3) is 0.348. The Balaban J connectivity index is 1.62. The van der Waals surface area contributed by atoms with Crippen LogP contribution in [0.25, 0.3) is 11.1 Å². The molecule has 2 aromatic heterocycles. The molecule has 0 unspecified atom stereocenters. The second kappa shape index (κ2) is 8.90. The van der Waals surface area contributed by atoms with Crippen LogP contribution in [0.1, 0.15) is 41.1 Å². The first-order valence-electron chi connectivity index (χ1n) is 10.8. The number of piperidine rings is 1. The van der Waals surface area contributed by atoms with Gasteiger partial charge in [-0.1, -0.05) is 17.3 Å². The number of nitrogens with one attached hydrogen (secondary N) is 1. The van der Waals surface area contributed by atoms with E-state index in [9.17, 15) is 20.0 Å². The zero-order chi connectivity index (χ0) is 24.5. The first-order chi connectivity index (χ1) is 16.2. The van der Waals surface area contributed by atoms with E-state index in [1.807, 2.05) is 38.1 Å². The Bertz CT molecular complexity index is 1240. The number of benzene rings is 1. The van der Waals surface area contributed by atoms with Crippen molar-refractivity contribution in [3.05, 3.63) is 47.5 Å². The van der Waals surface area contributed by atoms with Gasteiger partial charge < -0.3 is 25.6 Å². The van der Waals surface area contributed by atoms with Crippen LogP contribution in [0, 0.1) is 25.2 Å². The highest BCUT2D eigenvalue weighted by atomic mass is 16.5. The van der Waals surface area contributed by atoms with Crippen molar-refractivity contribution in [1.29, 1.82) is 5.26 Å². The molecule has 11 nitrogen and oxygen atoms in total. The molecule has 1 aliphatic rings. The van der Waals surface area contributed by atoms with Crippen LogP contribution in [0.4, 0.5) is 16.3 Å². The number of hydrogen-bond acceptors (Lipinski definition) is 7. The first-order valence-corrected chi connectivity index (χ1v) is 10.8. The van der Waals surface area contributed by atoms with Gasteiger partial charge in [0.1, 0.15) is 11.3 Å².